The minimum atomic E-state index is -1.10. The van der Waals surface area contributed by atoms with Crippen LogP contribution in [0.5, 0.6) is 5.75 Å². The Bertz CT molecular complexity index is 3250. The molecule has 0 spiro atoms. The number of anilines is 3. The molecule has 4 aliphatic rings. The number of piperidine rings is 1. The number of carbonyl (C=O) groups excluding carboxylic acids is 3. The van der Waals surface area contributed by atoms with E-state index in [2.05, 4.69) is 61.5 Å². The van der Waals surface area contributed by atoms with Crippen molar-refractivity contribution in [2.24, 2.45) is 18.9 Å². The van der Waals surface area contributed by atoms with Crippen LogP contribution in [0.25, 0.3) is 32.2 Å². The molecule has 74 heavy (non-hydrogen) atoms. The molecule has 2 saturated heterocycles. The van der Waals surface area contributed by atoms with Gasteiger partial charge >= 0.3 is 5.97 Å². The van der Waals surface area contributed by atoms with E-state index in [1.807, 2.05) is 85.4 Å². The fourth-order valence-corrected chi connectivity index (χ4v) is 12.6. The Balaban J connectivity index is 0.657. The van der Waals surface area contributed by atoms with Crippen LogP contribution in [0.2, 0.25) is 0 Å². The number of nitrogens with zero attached hydrogens (tertiary/aromatic N) is 7. The van der Waals surface area contributed by atoms with Crippen molar-refractivity contribution in [1.29, 1.82) is 0 Å². The van der Waals surface area contributed by atoms with Gasteiger partial charge in [0, 0.05) is 74.9 Å². The van der Waals surface area contributed by atoms with E-state index >= 15 is 0 Å². The van der Waals surface area contributed by atoms with Crippen molar-refractivity contribution in [1.82, 2.24) is 30.0 Å². The second kappa shape index (κ2) is 21.0. The van der Waals surface area contributed by atoms with Crippen LogP contribution >= 0.6 is 11.3 Å². The maximum absolute atomic E-state index is 13.7. The average Bonchev–Trinajstić information content (AvgIpc) is 3.98. The first-order chi connectivity index (χ1) is 35.9. The van der Waals surface area contributed by atoms with Crippen molar-refractivity contribution in [3.05, 3.63) is 125 Å². The van der Waals surface area contributed by atoms with Crippen molar-refractivity contribution >= 4 is 72.8 Å². The molecule has 0 radical (unpaired) electrons. The first kappa shape index (κ1) is 49.1. The maximum atomic E-state index is 13.7. The molecule has 6 heterocycles. The Morgan fingerprint density at radius 3 is 2.47 bits per heavy atom. The van der Waals surface area contributed by atoms with Crippen LogP contribution < -0.4 is 25.2 Å². The lowest BCUT2D eigenvalue weighted by molar-refractivity contribution is -0.134. The molecule has 1 saturated carbocycles. The van der Waals surface area contributed by atoms with Gasteiger partial charge in [0.15, 0.2) is 10.8 Å². The number of carbonyl (C=O) groups is 4. The topological polar surface area (TPSA) is 175 Å². The number of benzene rings is 4. The van der Waals surface area contributed by atoms with E-state index in [1.165, 1.54) is 29.9 Å². The SMILES string of the molecule is Cc1c(OC2CCC(C[C@@H](C)CCN3CCN(c4ccc5c(C6CCC(=O)NC6=O)nn(C)c5c4)CC3)CC2)cccc1-c1ccc(N2CCc3cccc(C(=O)Nc4nc5ccccc5s4)c3C2)nc1C(=O)O. The zero-order chi connectivity index (χ0) is 51.0. The molecule has 15 nitrogen and oxygen atoms in total. The number of amides is 3. The number of thiazole rings is 1. The van der Waals surface area contributed by atoms with Crippen LogP contribution in [0.1, 0.15) is 107 Å². The van der Waals surface area contributed by atoms with E-state index in [-0.39, 0.29) is 29.5 Å². The molecule has 16 heteroatoms. The number of piperazine rings is 1. The van der Waals surface area contributed by atoms with Crippen LogP contribution in [0, 0.1) is 18.8 Å². The lowest BCUT2D eigenvalue weighted by atomic mass is 9.81. The highest BCUT2D eigenvalue weighted by Crippen LogP contribution is 2.38. The minimum absolute atomic E-state index is 0.0177. The van der Waals surface area contributed by atoms with Gasteiger partial charge in [-0.1, -0.05) is 54.7 Å². The van der Waals surface area contributed by atoms with Gasteiger partial charge in [0.1, 0.15) is 11.6 Å². The Hall–Kier alpha value is -7.17. The summed E-state index contributed by atoms with van der Waals surface area (Å²) in [4.78, 5) is 67.4. The number of hydrogen-bond acceptors (Lipinski definition) is 12. The first-order valence-electron chi connectivity index (χ1n) is 26.2. The average molecular weight is 1010 g/mol. The van der Waals surface area contributed by atoms with Gasteiger partial charge in [0.2, 0.25) is 11.8 Å². The summed E-state index contributed by atoms with van der Waals surface area (Å²) in [5.41, 5.74) is 8.52. The van der Waals surface area contributed by atoms with Gasteiger partial charge in [-0.3, -0.25) is 34.6 Å². The second-order valence-corrected chi connectivity index (χ2v) is 21.8. The largest absolute Gasteiger partial charge is 0.490 e. The number of carboxylic acids is 1. The fraction of sp³-hybridized carbons (Fsp3) is 0.397. The summed E-state index contributed by atoms with van der Waals surface area (Å²) in [5, 5.41) is 22.3. The molecule has 3 N–H and O–H groups in total. The normalized spacial score (nSPS) is 19.9. The van der Waals surface area contributed by atoms with Crippen LogP contribution in [-0.4, -0.2) is 98.8 Å². The van der Waals surface area contributed by atoms with E-state index in [0.29, 0.717) is 66.3 Å². The number of para-hydroxylation sites is 1. The van der Waals surface area contributed by atoms with Crippen molar-refractivity contribution in [3.63, 3.8) is 0 Å². The van der Waals surface area contributed by atoms with Crippen LogP contribution in [0.4, 0.5) is 16.6 Å². The van der Waals surface area contributed by atoms with E-state index in [1.54, 1.807) is 0 Å². The molecule has 382 valence electrons. The van der Waals surface area contributed by atoms with Gasteiger partial charge < -0.3 is 19.6 Å². The first-order valence-corrected chi connectivity index (χ1v) is 27.0. The van der Waals surface area contributed by atoms with Gasteiger partial charge in [0.25, 0.3) is 5.91 Å². The molecule has 2 atom stereocenters. The number of aromatic carboxylic acids is 1. The molecule has 3 aliphatic heterocycles. The zero-order valence-corrected chi connectivity index (χ0v) is 43.1. The molecule has 4 aromatic carbocycles. The summed E-state index contributed by atoms with van der Waals surface area (Å²) in [6.07, 6.45) is 8.27. The molecule has 3 fully saturated rings. The molecule has 3 aromatic heterocycles. The Morgan fingerprint density at radius 1 is 0.865 bits per heavy atom. The summed E-state index contributed by atoms with van der Waals surface area (Å²) < 4.78 is 9.57. The van der Waals surface area contributed by atoms with Gasteiger partial charge in [-0.2, -0.15) is 5.10 Å². The third-order valence-corrected chi connectivity index (χ3v) is 16.9. The highest BCUT2D eigenvalue weighted by molar-refractivity contribution is 7.22. The summed E-state index contributed by atoms with van der Waals surface area (Å²) in [5.74, 6) is 0.432. The quantitative estimate of drug-likeness (QED) is 0.0882. The van der Waals surface area contributed by atoms with E-state index < -0.39 is 11.9 Å². The highest BCUT2D eigenvalue weighted by Gasteiger charge is 2.33. The van der Waals surface area contributed by atoms with E-state index in [4.69, 9.17) is 14.8 Å². The fourth-order valence-electron chi connectivity index (χ4n) is 11.8. The standard InChI is InChI=1S/C58H63N9O6S/c1-35(24-26-65-28-30-66(31-29-65)39-16-19-44-48(33-39)64(3)63-53(44)45-21-23-52(68)61-56(45)70)32-37-14-17-40(18-15-37)73-49-12-7-9-41(36(49)2)42-20-22-51(60-54(42)57(71)72)67-27-25-38-8-6-10-43(46(38)34-67)55(69)62-58-59-47-11-4-5-13-50(47)74-58/h4-13,16,19-20,22,33,35,37,40,45H,14-15,17-18,21,23-32,34H2,1-3H3,(H,71,72)(H,59,62,69)(H,61,68,70)/t35-,37?,40?,45?/m0/s1. The zero-order valence-electron chi connectivity index (χ0n) is 42.3. The molecule has 3 amide bonds. The lowest BCUT2D eigenvalue weighted by Crippen LogP contribution is -2.46. The minimum Gasteiger partial charge on any atom is -0.490 e. The summed E-state index contributed by atoms with van der Waals surface area (Å²) in [6, 6.07) is 29.6. The third-order valence-electron chi connectivity index (χ3n) is 15.9. The molecule has 11 rings (SSSR count). The summed E-state index contributed by atoms with van der Waals surface area (Å²) >= 11 is 1.44. The number of aryl methyl sites for hydroxylation is 1. The number of hydrogen-bond donors (Lipinski definition) is 3. The predicted molar refractivity (Wildman–Crippen MR) is 289 cm³/mol. The molecule has 1 aliphatic carbocycles. The third kappa shape index (κ3) is 10.2. The molecule has 7 aromatic rings. The van der Waals surface area contributed by atoms with E-state index in [9.17, 15) is 24.3 Å². The van der Waals surface area contributed by atoms with Gasteiger partial charge in [-0.05, 0) is 154 Å². The monoisotopic (exact) mass is 1010 g/mol. The number of nitrogens with one attached hydrogen (secondary N) is 2. The van der Waals surface area contributed by atoms with Crippen LogP contribution in [0.15, 0.2) is 91.0 Å². The van der Waals surface area contributed by atoms with Crippen molar-refractivity contribution in [2.75, 3.05) is 54.4 Å². The molecule has 1 unspecified atom stereocenters. The smallest absolute Gasteiger partial charge is 0.355 e. The van der Waals surface area contributed by atoms with Gasteiger partial charge in [-0.25, -0.2) is 14.8 Å². The Kier molecular flexibility index (Phi) is 13.9. The van der Waals surface area contributed by atoms with Gasteiger partial charge in [-0.15, -0.1) is 0 Å². The molecule has 0 bridgehead atoms. The molecular formula is C58H63N9O6S. The number of rotatable bonds is 14. The summed E-state index contributed by atoms with van der Waals surface area (Å²) in [7, 11) is 1.92. The van der Waals surface area contributed by atoms with Crippen molar-refractivity contribution in [3.8, 4) is 16.9 Å². The van der Waals surface area contributed by atoms with Crippen molar-refractivity contribution in [2.45, 2.75) is 90.2 Å². The van der Waals surface area contributed by atoms with Crippen LogP contribution in [0.3, 0.4) is 0 Å². The van der Waals surface area contributed by atoms with E-state index in [0.717, 1.165) is 113 Å². The maximum Gasteiger partial charge on any atom is 0.355 e. The number of imide groups is 1. The number of carboxylic acid groups (broad SMARTS) is 1. The number of aromatic nitrogens is 4. The Labute approximate surface area is 434 Å². The Morgan fingerprint density at radius 2 is 1.68 bits per heavy atom. The number of ether oxygens (including phenoxy) is 1. The molecular weight excluding hydrogens is 951 g/mol. The summed E-state index contributed by atoms with van der Waals surface area (Å²) in [6.45, 7) is 10.5. The number of pyridine rings is 1. The van der Waals surface area contributed by atoms with Gasteiger partial charge in [0.05, 0.1) is 33.4 Å². The lowest BCUT2D eigenvalue weighted by Gasteiger charge is -2.37. The highest BCUT2D eigenvalue weighted by atomic mass is 32.1. The predicted octanol–water partition coefficient (Wildman–Crippen LogP) is 9.76. The van der Waals surface area contributed by atoms with Crippen molar-refractivity contribution < 1.29 is 29.0 Å². The second-order valence-electron chi connectivity index (χ2n) is 20.8. The van der Waals surface area contributed by atoms with Crippen LogP contribution in [-0.2, 0) is 29.6 Å². The number of fused-ring (bicyclic) bond motifs is 3.